The molecule has 0 heterocycles. The first-order valence-electron chi connectivity index (χ1n) is 14.0. The number of unbranched alkanes of at least 4 members (excludes halogenated alkanes) is 3. The third-order valence-electron chi connectivity index (χ3n) is 6.52. The first-order valence-corrected chi connectivity index (χ1v) is 14.0. The summed E-state index contributed by atoms with van der Waals surface area (Å²) in [6, 6.07) is 21.3. The lowest BCUT2D eigenvalue weighted by molar-refractivity contribution is -0.137. The molecule has 1 atom stereocenters. The summed E-state index contributed by atoms with van der Waals surface area (Å²) in [7, 11) is 0. The quantitative estimate of drug-likeness (QED) is 0.0781. The largest absolute Gasteiger partial charge is 0.494 e. The van der Waals surface area contributed by atoms with Gasteiger partial charge in [0.25, 0.3) is 0 Å². The summed E-state index contributed by atoms with van der Waals surface area (Å²) in [5.74, 6) is 0.275. The highest BCUT2D eigenvalue weighted by Crippen LogP contribution is 2.24. The minimum Gasteiger partial charge on any atom is -0.494 e. The molecule has 0 saturated heterocycles. The molecule has 0 saturated carbocycles. The number of hydrogen-bond acceptors (Lipinski definition) is 7. The summed E-state index contributed by atoms with van der Waals surface area (Å²) in [6.07, 6.45) is 5.72. The van der Waals surface area contributed by atoms with Crippen molar-refractivity contribution in [3.8, 4) is 22.6 Å². The lowest BCUT2D eigenvalue weighted by atomic mass is 10.0. The molecule has 0 aliphatic carbocycles. The zero-order valence-corrected chi connectivity index (χ0v) is 23.8. The van der Waals surface area contributed by atoms with Crippen molar-refractivity contribution in [2.45, 2.75) is 46.0 Å². The van der Waals surface area contributed by atoms with Crippen LogP contribution in [-0.2, 0) is 14.3 Å². The molecule has 0 aliphatic heterocycles. The maximum Gasteiger partial charge on any atom is 0.343 e. The molecule has 0 radical (unpaired) electrons. The van der Waals surface area contributed by atoms with E-state index in [1.54, 1.807) is 48.5 Å². The van der Waals surface area contributed by atoms with E-state index < -0.39 is 11.9 Å². The van der Waals surface area contributed by atoms with Crippen molar-refractivity contribution >= 4 is 17.9 Å². The van der Waals surface area contributed by atoms with Crippen molar-refractivity contribution in [1.29, 1.82) is 0 Å². The van der Waals surface area contributed by atoms with Crippen molar-refractivity contribution < 1.29 is 33.3 Å². The predicted octanol–water partition coefficient (Wildman–Crippen LogP) is 7.44. The van der Waals surface area contributed by atoms with Crippen LogP contribution >= 0.6 is 0 Å². The second kappa shape index (κ2) is 16.7. The first-order chi connectivity index (χ1) is 19.9. The van der Waals surface area contributed by atoms with Gasteiger partial charge in [-0.15, -0.1) is 0 Å². The molecule has 0 fully saturated rings. The number of hydrogen-bond donors (Lipinski definition) is 0. The Labute approximate surface area is 242 Å². The second-order valence-corrected chi connectivity index (χ2v) is 9.76. The maximum absolute atomic E-state index is 12.6. The van der Waals surface area contributed by atoms with Gasteiger partial charge in [0.1, 0.15) is 11.5 Å². The lowest BCUT2D eigenvalue weighted by Gasteiger charge is -2.10. The zero-order valence-electron chi connectivity index (χ0n) is 23.8. The first kappa shape index (κ1) is 31.1. The van der Waals surface area contributed by atoms with Crippen molar-refractivity contribution in [2.24, 2.45) is 5.92 Å². The molecular weight excluding hydrogens is 520 g/mol. The highest BCUT2D eigenvalue weighted by Gasteiger charge is 2.11. The van der Waals surface area contributed by atoms with E-state index in [1.165, 1.54) is 0 Å². The smallest absolute Gasteiger partial charge is 0.343 e. The maximum atomic E-state index is 12.6. The summed E-state index contributed by atoms with van der Waals surface area (Å²) in [4.78, 5) is 35.8. The lowest BCUT2D eigenvalue weighted by Crippen LogP contribution is -2.11. The van der Waals surface area contributed by atoms with Gasteiger partial charge in [-0.2, -0.15) is 0 Å². The second-order valence-electron chi connectivity index (χ2n) is 9.76. The Morgan fingerprint density at radius 3 is 1.85 bits per heavy atom. The number of carbonyl (C=O) groups excluding carboxylic acids is 3. The summed E-state index contributed by atoms with van der Waals surface area (Å²) >= 11 is 0. The molecule has 3 aromatic carbocycles. The molecule has 0 spiro atoms. The Bertz CT molecular complexity index is 1260. The van der Waals surface area contributed by atoms with E-state index in [-0.39, 0.29) is 5.97 Å². The van der Waals surface area contributed by atoms with Crippen LogP contribution in [0, 0.1) is 5.92 Å². The average molecular weight is 559 g/mol. The van der Waals surface area contributed by atoms with Gasteiger partial charge in [0.05, 0.1) is 30.9 Å². The van der Waals surface area contributed by atoms with Gasteiger partial charge in [-0.1, -0.05) is 51.1 Å². The number of benzene rings is 3. The Kier molecular flexibility index (Phi) is 12.6. The van der Waals surface area contributed by atoms with Gasteiger partial charge in [-0.3, -0.25) is 0 Å². The van der Waals surface area contributed by atoms with E-state index in [0.29, 0.717) is 48.4 Å². The summed E-state index contributed by atoms with van der Waals surface area (Å²) in [5, 5.41) is 0. The molecule has 0 aromatic heterocycles. The van der Waals surface area contributed by atoms with Crippen LogP contribution in [0.1, 0.15) is 66.7 Å². The minimum atomic E-state index is -0.457. The van der Waals surface area contributed by atoms with Gasteiger partial charge in [-0.25, -0.2) is 14.4 Å². The summed E-state index contributed by atoms with van der Waals surface area (Å²) in [6.45, 7) is 8.85. The van der Waals surface area contributed by atoms with Crippen LogP contribution < -0.4 is 9.47 Å². The van der Waals surface area contributed by atoms with E-state index in [4.69, 9.17) is 18.9 Å². The molecule has 0 aliphatic rings. The van der Waals surface area contributed by atoms with Gasteiger partial charge in [-0.05, 0) is 91.3 Å². The molecule has 3 aromatic rings. The van der Waals surface area contributed by atoms with Crippen LogP contribution in [0.5, 0.6) is 11.5 Å². The standard InChI is InChI=1S/C34H38O7/c1-4-25(3)24-40-33(36)28-12-10-26(11-13-28)27-14-20-31(21-15-27)41-34(37)29-16-18-30(19-17-29)38-22-8-6-7-9-23-39-32(35)5-2/h5,10-21,25H,2,4,6-9,22-24H2,1,3H3/t25-/m0/s1. The van der Waals surface area contributed by atoms with E-state index in [0.717, 1.165) is 49.3 Å². The highest BCUT2D eigenvalue weighted by molar-refractivity contribution is 5.91. The summed E-state index contributed by atoms with van der Waals surface area (Å²) in [5.41, 5.74) is 2.80. The van der Waals surface area contributed by atoms with Crippen molar-refractivity contribution in [3.63, 3.8) is 0 Å². The van der Waals surface area contributed by atoms with Gasteiger partial charge in [0.2, 0.25) is 0 Å². The van der Waals surface area contributed by atoms with Crippen molar-refractivity contribution in [2.75, 3.05) is 19.8 Å². The average Bonchev–Trinajstić information content (AvgIpc) is 3.01. The predicted molar refractivity (Wildman–Crippen MR) is 158 cm³/mol. The topological polar surface area (TPSA) is 88.1 Å². The monoisotopic (exact) mass is 558 g/mol. The van der Waals surface area contributed by atoms with Crippen LogP contribution in [0.2, 0.25) is 0 Å². The van der Waals surface area contributed by atoms with E-state index >= 15 is 0 Å². The molecule has 7 heteroatoms. The number of carbonyl (C=O) groups is 3. The molecule has 0 N–H and O–H groups in total. The van der Waals surface area contributed by atoms with Crippen LogP contribution in [0.4, 0.5) is 0 Å². The van der Waals surface area contributed by atoms with Crippen LogP contribution in [0.3, 0.4) is 0 Å². The highest BCUT2D eigenvalue weighted by atomic mass is 16.5. The van der Waals surface area contributed by atoms with Gasteiger partial charge in [0.15, 0.2) is 0 Å². The van der Waals surface area contributed by atoms with Gasteiger partial charge in [0, 0.05) is 6.08 Å². The molecule has 0 amide bonds. The molecule has 216 valence electrons. The Hall–Kier alpha value is -4.39. The molecule has 0 unspecified atom stereocenters. The van der Waals surface area contributed by atoms with Gasteiger partial charge >= 0.3 is 17.9 Å². The van der Waals surface area contributed by atoms with Crippen LogP contribution in [0.25, 0.3) is 11.1 Å². The summed E-state index contributed by atoms with van der Waals surface area (Å²) < 4.78 is 21.6. The number of ether oxygens (including phenoxy) is 4. The SMILES string of the molecule is C=CC(=O)OCCCCCCOc1ccc(C(=O)Oc2ccc(-c3ccc(C(=O)OC[C@@H](C)CC)cc3)cc2)cc1. The third kappa shape index (κ3) is 10.6. The van der Waals surface area contributed by atoms with Crippen molar-refractivity contribution in [3.05, 3.63) is 96.6 Å². The van der Waals surface area contributed by atoms with Crippen LogP contribution in [0.15, 0.2) is 85.5 Å². The molecule has 41 heavy (non-hydrogen) atoms. The van der Waals surface area contributed by atoms with E-state index in [1.807, 2.05) is 31.2 Å². The third-order valence-corrected chi connectivity index (χ3v) is 6.52. The fourth-order valence-corrected chi connectivity index (χ4v) is 3.77. The van der Waals surface area contributed by atoms with Gasteiger partial charge < -0.3 is 18.9 Å². The fourth-order valence-electron chi connectivity index (χ4n) is 3.77. The van der Waals surface area contributed by atoms with Crippen molar-refractivity contribution in [1.82, 2.24) is 0 Å². The number of esters is 3. The van der Waals surface area contributed by atoms with Crippen LogP contribution in [-0.4, -0.2) is 37.7 Å². The molecular formula is C34H38O7. The zero-order chi connectivity index (χ0) is 29.5. The fraction of sp³-hybridized carbons (Fsp3) is 0.324. The Morgan fingerprint density at radius 2 is 1.24 bits per heavy atom. The van der Waals surface area contributed by atoms with E-state index in [9.17, 15) is 14.4 Å². The Balaban J connectivity index is 1.41. The molecule has 0 bridgehead atoms. The molecule has 3 rings (SSSR count). The normalized spacial score (nSPS) is 11.3. The molecule has 7 nitrogen and oxygen atoms in total. The van der Waals surface area contributed by atoms with E-state index in [2.05, 4.69) is 13.5 Å². The minimum absolute atomic E-state index is 0.323. The Morgan fingerprint density at radius 1 is 0.707 bits per heavy atom. The number of rotatable bonds is 16.